The Labute approximate surface area is 128 Å². The molecule has 0 aliphatic heterocycles. The first-order valence-corrected chi connectivity index (χ1v) is 7.57. The lowest BCUT2D eigenvalue weighted by molar-refractivity contribution is 0.0869. The summed E-state index contributed by atoms with van der Waals surface area (Å²) in [5.41, 5.74) is -0.134. The number of hydrogen-bond acceptors (Lipinski definition) is 4. The fourth-order valence-electron chi connectivity index (χ4n) is 1.70. The van der Waals surface area contributed by atoms with Crippen molar-refractivity contribution in [1.29, 1.82) is 0 Å². The number of ether oxygens (including phenoxy) is 1. The molecule has 0 saturated carbocycles. The van der Waals surface area contributed by atoms with Crippen LogP contribution in [0.5, 0.6) is 5.75 Å². The van der Waals surface area contributed by atoms with E-state index in [1.807, 2.05) is 23.6 Å². The summed E-state index contributed by atoms with van der Waals surface area (Å²) < 4.78 is 5.68. The molecular weight excluding hydrogens is 286 g/mol. The van der Waals surface area contributed by atoms with Crippen LogP contribution in [0, 0.1) is 0 Å². The van der Waals surface area contributed by atoms with Gasteiger partial charge in [0.2, 0.25) is 0 Å². The lowest BCUT2D eigenvalue weighted by atomic mass is 10.1. The van der Waals surface area contributed by atoms with Crippen LogP contribution in [0.3, 0.4) is 0 Å². The van der Waals surface area contributed by atoms with Crippen LogP contribution in [0.25, 0.3) is 0 Å². The number of thiophene rings is 1. The number of nitrogens with one attached hydrogen (secondary N) is 1. The van der Waals surface area contributed by atoms with Crippen molar-refractivity contribution in [2.75, 3.05) is 6.61 Å². The molecule has 0 spiro atoms. The molecule has 0 saturated heterocycles. The van der Waals surface area contributed by atoms with E-state index >= 15 is 0 Å². The van der Waals surface area contributed by atoms with Gasteiger partial charge in [-0.1, -0.05) is 12.1 Å². The predicted octanol–water partition coefficient (Wildman–Crippen LogP) is 2.83. The molecule has 0 radical (unpaired) electrons. The summed E-state index contributed by atoms with van der Waals surface area (Å²) in [6.07, 6.45) is 0. The van der Waals surface area contributed by atoms with Gasteiger partial charge in [0.05, 0.1) is 12.1 Å². The van der Waals surface area contributed by atoms with E-state index in [1.165, 1.54) is 0 Å². The number of aliphatic hydroxyl groups excluding tert-OH is 1. The Morgan fingerprint density at radius 1 is 1.33 bits per heavy atom. The maximum absolute atomic E-state index is 12.1. The highest BCUT2D eigenvalue weighted by atomic mass is 32.1. The van der Waals surface area contributed by atoms with E-state index in [9.17, 15) is 9.90 Å². The summed E-state index contributed by atoms with van der Waals surface area (Å²) in [4.78, 5) is 13.3. The molecule has 1 heterocycles. The van der Waals surface area contributed by atoms with Crippen LogP contribution in [0.2, 0.25) is 0 Å². The van der Waals surface area contributed by atoms with Crippen LogP contribution >= 0.6 is 11.3 Å². The van der Waals surface area contributed by atoms with Gasteiger partial charge in [0.1, 0.15) is 12.4 Å². The minimum atomic E-state index is -0.648. The summed E-state index contributed by atoms with van der Waals surface area (Å²) in [6.45, 7) is 3.91. The Balaban J connectivity index is 2.01. The molecule has 112 valence electrons. The van der Waals surface area contributed by atoms with Crippen molar-refractivity contribution in [3.8, 4) is 5.75 Å². The fourth-order valence-corrected chi connectivity index (χ4v) is 2.31. The maximum Gasteiger partial charge on any atom is 0.251 e. The van der Waals surface area contributed by atoms with E-state index in [0.717, 1.165) is 4.88 Å². The van der Waals surface area contributed by atoms with Crippen LogP contribution in [0.15, 0.2) is 41.8 Å². The molecule has 0 aliphatic carbocycles. The number of aliphatic hydroxyl groups is 1. The number of rotatable bonds is 6. The average Bonchev–Trinajstić information content (AvgIpc) is 2.98. The van der Waals surface area contributed by atoms with Crippen molar-refractivity contribution >= 4 is 17.2 Å². The predicted molar refractivity (Wildman–Crippen MR) is 83.7 cm³/mol. The summed E-state index contributed by atoms with van der Waals surface area (Å²) in [6, 6.07) is 11.0. The lowest BCUT2D eigenvalue weighted by Crippen LogP contribution is -2.46. The Morgan fingerprint density at radius 2 is 2.14 bits per heavy atom. The van der Waals surface area contributed by atoms with E-state index in [2.05, 4.69) is 5.32 Å². The largest absolute Gasteiger partial charge is 0.488 e. The molecule has 0 atom stereocenters. The average molecular weight is 305 g/mol. The SMILES string of the molecule is CC(C)(CO)NC(=O)c1cccc(OCc2cccs2)c1. The zero-order valence-corrected chi connectivity index (χ0v) is 12.9. The van der Waals surface area contributed by atoms with Crippen LogP contribution in [0.4, 0.5) is 0 Å². The van der Waals surface area contributed by atoms with Gasteiger partial charge in [-0.15, -0.1) is 11.3 Å². The molecule has 2 N–H and O–H groups in total. The molecule has 5 heteroatoms. The number of carbonyl (C=O) groups excluding carboxylic acids is 1. The maximum atomic E-state index is 12.1. The van der Waals surface area contributed by atoms with Gasteiger partial charge in [-0.25, -0.2) is 0 Å². The van der Waals surface area contributed by atoms with Crippen LogP contribution in [-0.4, -0.2) is 23.2 Å². The highest BCUT2D eigenvalue weighted by molar-refractivity contribution is 7.09. The minimum absolute atomic E-state index is 0.118. The van der Waals surface area contributed by atoms with E-state index < -0.39 is 5.54 Å². The Bertz CT molecular complexity index is 593. The van der Waals surface area contributed by atoms with Gasteiger partial charge in [-0.2, -0.15) is 0 Å². The standard InChI is InChI=1S/C16H19NO3S/c1-16(2,11-18)17-15(19)12-5-3-6-13(9-12)20-10-14-7-4-8-21-14/h3-9,18H,10-11H2,1-2H3,(H,17,19). The van der Waals surface area contributed by atoms with Gasteiger partial charge < -0.3 is 15.2 Å². The zero-order chi connectivity index (χ0) is 15.3. The molecule has 0 fully saturated rings. The highest BCUT2D eigenvalue weighted by Gasteiger charge is 2.20. The summed E-state index contributed by atoms with van der Waals surface area (Å²) >= 11 is 1.63. The monoisotopic (exact) mass is 305 g/mol. The number of hydrogen-bond donors (Lipinski definition) is 2. The number of amides is 1. The molecule has 2 rings (SSSR count). The second-order valence-corrected chi connectivity index (χ2v) is 6.42. The van der Waals surface area contributed by atoms with Crippen LogP contribution in [0.1, 0.15) is 29.1 Å². The molecular formula is C16H19NO3S. The third-order valence-electron chi connectivity index (χ3n) is 2.90. The fraction of sp³-hybridized carbons (Fsp3) is 0.312. The van der Waals surface area contributed by atoms with E-state index in [4.69, 9.17) is 4.74 Å². The Hall–Kier alpha value is -1.85. The number of benzene rings is 1. The second-order valence-electron chi connectivity index (χ2n) is 5.39. The molecule has 2 aromatic rings. The molecule has 1 aromatic carbocycles. The van der Waals surface area contributed by atoms with E-state index in [-0.39, 0.29) is 12.5 Å². The topological polar surface area (TPSA) is 58.6 Å². The van der Waals surface area contributed by atoms with Crippen LogP contribution in [-0.2, 0) is 6.61 Å². The van der Waals surface area contributed by atoms with Gasteiger partial charge in [-0.05, 0) is 43.5 Å². The Morgan fingerprint density at radius 3 is 2.81 bits per heavy atom. The second kappa shape index (κ2) is 6.74. The van der Waals surface area contributed by atoms with Crippen molar-refractivity contribution in [2.24, 2.45) is 0 Å². The highest BCUT2D eigenvalue weighted by Crippen LogP contribution is 2.17. The lowest BCUT2D eigenvalue weighted by Gasteiger charge is -2.23. The van der Waals surface area contributed by atoms with Gasteiger partial charge in [0, 0.05) is 10.4 Å². The van der Waals surface area contributed by atoms with Gasteiger partial charge >= 0.3 is 0 Å². The smallest absolute Gasteiger partial charge is 0.251 e. The quantitative estimate of drug-likeness (QED) is 0.863. The van der Waals surface area contributed by atoms with Crippen molar-refractivity contribution in [2.45, 2.75) is 26.0 Å². The molecule has 4 nitrogen and oxygen atoms in total. The molecule has 1 aromatic heterocycles. The number of carbonyl (C=O) groups is 1. The van der Waals surface area contributed by atoms with E-state index in [0.29, 0.717) is 17.9 Å². The molecule has 0 unspecified atom stereocenters. The first-order chi connectivity index (χ1) is 10.00. The van der Waals surface area contributed by atoms with Crippen molar-refractivity contribution in [3.63, 3.8) is 0 Å². The zero-order valence-electron chi connectivity index (χ0n) is 12.1. The van der Waals surface area contributed by atoms with Crippen molar-refractivity contribution < 1.29 is 14.6 Å². The van der Waals surface area contributed by atoms with Crippen molar-refractivity contribution in [1.82, 2.24) is 5.32 Å². The van der Waals surface area contributed by atoms with Crippen LogP contribution < -0.4 is 10.1 Å². The molecule has 21 heavy (non-hydrogen) atoms. The summed E-state index contributed by atoms with van der Waals surface area (Å²) in [5.74, 6) is 0.425. The third-order valence-corrected chi connectivity index (χ3v) is 3.75. The normalized spacial score (nSPS) is 11.2. The molecule has 0 bridgehead atoms. The third kappa shape index (κ3) is 4.58. The van der Waals surface area contributed by atoms with Gasteiger partial charge in [0.15, 0.2) is 0 Å². The first kappa shape index (κ1) is 15.5. The van der Waals surface area contributed by atoms with Gasteiger partial charge in [0.25, 0.3) is 5.91 Å². The summed E-state index contributed by atoms with van der Waals surface area (Å²) in [7, 11) is 0. The minimum Gasteiger partial charge on any atom is -0.488 e. The molecule has 0 aliphatic rings. The molecule has 1 amide bonds. The summed E-state index contributed by atoms with van der Waals surface area (Å²) in [5, 5.41) is 14.0. The van der Waals surface area contributed by atoms with E-state index in [1.54, 1.807) is 43.4 Å². The van der Waals surface area contributed by atoms with Gasteiger partial charge in [-0.3, -0.25) is 4.79 Å². The first-order valence-electron chi connectivity index (χ1n) is 6.69. The van der Waals surface area contributed by atoms with Crippen molar-refractivity contribution in [3.05, 3.63) is 52.2 Å². The Kier molecular flexibility index (Phi) is 4.98.